The van der Waals surface area contributed by atoms with E-state index < -0.39 is 6.10 Å². The van der Waals surface area contributed by atoms with Crippen LogP contribution in [0.25, 0.3) is 5.57 Å². The molecule has 164 valence electrons. The van der Waals surface area contributed by atoms with E-state index in [1.54, 1.807) is 13.1 Å². The second-order valence-corrected chi connectivity index (χ2v) is 8.72. The van der Waals surface area contributed by atoms with E-state index in [2.05, 4.69) is 70.7 Å². The summed E-state index contributed by atoms with van der Waals surface area (Å²) in [5.74, 6) is 8.12. The summed E-state index contributed by atoms with van der Waals surface area (Å²) in [4.78, 5) is 4.24. The van der Waals surface area contributed by atoms with Crippen molar-refractivity contribution in [1.82, 2.24) is 14.9 Å². The first-order chi connectivity index (χ1) is 15.6. The summed E-state index contributed by atoms with van der Waals surface area (Å²) in [6.07, 6.45) is 13.4. The number of nitriles is 1. The van der Waals surface area contributed by atoms with E-state index >= 15 is 0 Å². The SMILES string of the molecule is CC(O)c1nccn1CC#C[C@@]1(C2CC(NCCC#N)C2)C=CC(c2ccccc2)=CC1. The fraction of sp³-hybridized carbons (Fsp3) is 0.407. The van der Waals surface area contributed by atoms with Crippen LogP contribution in [0.3, 0.4) is 0 Å². The zero-order valence-corrected chi connectivity index (χ0v) is 18.5. The lowest BCUT2D eigenvalue weighted by Crippen LogP contribution is -2.48. The topological polar surface area (TPSA) is 73.9 Å². The first-order valence-electron chi connectivity index (χ1n) is 11.4. The molecule has 0 saturated heterocycles. The maximum absolute atomic E-state index is 9.91. The molecule has 0 aliphatic heterocycles. The summed E-state index contributed by atoms with van der Waals surface area (Å²) >= 11 is 0. The molecule has 2 N–H and O–H groups in total. The van der Waals surface area contributed by atoms with E-state index in [0.29, 0.717) is 30.7 Å². The number of imidazole rings is 1. The second kappa shape index (κ2) is 10.0. The summed E-state index contributed by atoms with van der Waals surface area (Å²) < 4.78 is 1.91. The number of hydrogen-bond donors (Lipinski definition) is 2. The first kappa shape index (κ1) is 22.1. The van der Waals surface area contributed by atoms with Gasteiger partial charge in [0.15, 0.2) is 0 Å². The van der Waals surface area contributed by atoms with Crippen molar-refractivity contribution >= 4 is 5.57 Å². The van der Waals surface area contributed by atoms with Gasteiger partial charge < -0.3 is 15.0 Å². The van der Waals surface area contributed by atoms with Gasteiger partial charge in [-0.05, 0) is 43.2 Å². The molecule has 2 aliphatic carbocycles. The number of hydrogen-bond acceptors (Lipinski definition) is 4. The van der Waals surface area contributed by atoms with E-state index in [4.69, 9.17) is 5.26 Å². The quantitative estimate of drug-likeness (QED) is 0.513. The molecule has 2 atom stereocenters. The van der Waals surface area contributed by atoms with Gasteiger partial charge in [-0.1, -0.05) is 60.4 Å². The van der Waals surface area contributed by atoms with Crippen LogP contribution in [0, 0.1) is 34.5 Å². The molecule has 4 rings (SSSR count). The van der Waals surface area contributed by atoms with Crippen LogP contribution in [-0.2, 0) is 6.54 Å². The predicted octanol–water partition coefficient (Wildman–Crippen LogP) is 4.25. The predicted molar refractivity (Wildman–Crippen MR) is 126 cm³/mol. The van der Waals surface area contributed by atoms with Gasteiger partial charge in [-0.25, -0.2) is 4.98 Å². The molecule has 0 radical (unpaired) electrons. The Hall–Kier alpha value is -3.12. The molecule has 32 heavy (non-hydrogen) atoms. The van der Waals surface area contributed by atoms with Crippen molar-refractivity contribution in [2.75, 3.05) is 6.54 Å². The highest BCUT2D eigenvalue weighted by molar-refractivity contribution is 5.75. The zero-order valence-electron chi connectivity index (χ0n) is 18.5. The Balaban J connectivity index is 1.50. The Morgan fingerprint density at radius 1 is 1.31 bits per heavy atom. The van der Waals surface area contributed by atoms with Gasteiger partial charge in [0.05, 0.1) is 18.0 Å². The maximum atomic E-state index is 9.91. The van der Waals surface area contributed by atoms with Crippen molar-refractivity contribution in [1.29, 1.82) is 5.26 Å². The monoisotopic (exact) mass is 426 g/mol. The molecule has 2 aromatic rings. The van der Waals surface area contributed by atoms with Crippen molar-refractivity contribution in [3.05, 3.63) is 72.3 Å². The Morgan fingerprint density at radius 2 is 2.12 bits per heavy atom. The van der Waals surface area contributed by atoms with Crippen molar-refractivity contribution < 1.29 is 5.11 Å². The van der Waals surface area contributed by atoms with Crippen LogP contribution in [-0.4, -0.2) is 27.2 Å². The molecule has 1 heterocycles. The third kappa shape index (κ3) is 4.86. The van der Waals surface area contributed by atoms with E-state index in [0.717, 1.165) is 25.8 Å². The molecule has 1 aromatic carbocycles. The number of nitrogens with one attached hydrogen (secondary N) is 1. The fourth-order valence-corrected chi connectivity index (χ4v) is 4.64. The van der Waals surface area contributed by atoms with Crippen molar-refractivity contribution in [3.8, 4) is 17.9 Å². The number of aliphatic hydroxyl groups excluding tert-OH is 1. The Kier molecular flexibility index (Phi) is 6.90. The molecule has 5 nitrogen and oxygen atoms in total. The van der Waals surface area contributed by atoms with Crippen molar-refractivity contribution in [3.63, 3.8) is 0 Å². The van der Waals surface area contributed by atoms with Gasteiger partial charge >= 0.3 is 0 Å². The van der Waals surface area contributed by atoms with Crippen LogP contribution in [0.2, 0.25) is 0 Å². The minimum atomic E-state index is -0.612. The number of aliphatic hydroxyl groups is 1. The third-order valence-electron chi connectivity index (χ3n) is 6.56. The van der Waals surface area contributed by atoms with Gasteiger partial charge in [0.1, 0.15) is 11.9 Å². The van der Waals surface area contributed by atoms with Crippen LogP contribution >= 0.6 is 0 Å². The third-order valence-corrected chi connectivity index (χ3v) is 6.56. The molecule has 1 unspecified atom stereocenters. The summed E-state index contributed by atoms with van der Waals surface area (Å²) in [6.45, 7) is 2.99. The highest BCUT2D eigenvalue weighted by Gasteiger charge is 2.43. The number of aromatic nitrogens is 2. The molecular formula is C27H30N4O. The minimum Gasteiger partial charge on any atom is -0.385 e. The highest BCUT2D eigenvalue weighted by Crippen LogP contribution is 2.48. The Morgan fingerprint density at radius 3 is 2.81 bits per heavy atom. The summed E-state index contributed by atoms with van der Waals surface area (Å²) in [5, 5.41) is 22.2. The molecule has 2 aliphatic rings. The zero-order chi connectivity index (χ0) is 22.4. The summed E-state index contributed by atoms with van der Waals surface area (Å²) in [6, 6.07) is 13.1. The largest absolute Gasteiger partial charge is 0.385 e. The lowest BCUT2D eigenvalue weighted by Gasteiger charge is -2.46. The molecule has 5 heteroatoms. The normalized spacial score (nSPS) is 25.1. The second-order valence-electron chi connectivity index (χ2n) is 8.72. The molecule has 0 bridgehead atoms. The standard InChI is InChI=1S/C27H30N4O/c1-21(32)26-30-16-18-31(26)17-5-11-27(24-19-25(20-24)29-15-6-14-28)12-9-23(10-13-27)22-7-3-2-4-8-22/h2-4,7-10,12,16,18,21,24-25,29,32H,6,13,15,17,19-20H2,1H3/t21?,24?,25?,27-/m1/s1. The maximum Gasteiger partial charge on any atom is 0.138 e. The smallest absolute Gasteiger partial charge is 0.138 e. The van der Waals surface area contributed by atoms with Gasteiger partial charge in [-0.3, -0.25) is 0 Å². The molecule has 1 fully saturated rings. The van der Waals surface area contributed by atoms with E-state index in [-0.39, 0.29) is 5.41 Å². The summed E-state index contributed by atoms with van der Waals surface area (Å²) in [7, 11) is 0. The number of rotatable bonds is 7. The molecule has 0 spiro atoms. The van der Waals surface area contributed by atoms with Crippen LogP contribution in [0.15, 0.2) is 61.0 Å². The van der Waals surface area contributed by atoms with Crippen molar-refractivity contribution in [2.24, 2.45) is 11.3 Å². The first-order valence-corrected chi connectivity index (χ1v) is 11.4. The minimum absolute atomic E-state index is 0.183. The Labute approximate surface area is 190 Å². The molecule has 1 aromatic heterocycles. The van der Waals surface area contributed by atoms with Gasteiger partial charge in [0.2, 0.25) is 0 Å². The van der Waals surface area contributed by atoms with E-state index in [1.165, 1.54) is 11.1 Å². The van der Waals surface area contributed by atoms with Crippen LogP contribution < -0.4 is 5.32 Å². The Bertz CT molecular complexity index is 1070. The van der Waals surface area contributed by atoms with Crippen LogP contribution in [0.1, 0.15) is 50.1 Å². The van der Waals surface area contributed by atoms with Crippen LogP contribution in [0.5, 0.6) is 0 Å². The molecule has 1 saturated carbocycles. The number of benzene rings is 1. The number of allylic oxidation sites excluding steroid dienone is 4. The molecular weight excluding hydrogens is 396 g/mol. The van der Waals surface area contributed by atoms with E-state index in [9.17, 15) is 5.11 Å². The van der Waals surface area contributed by atoms with E-state index in [1.807, 2.05) is 16.8 Å². The van der Waals surface area contributed by atoms with Gasteiger partial charge in [0.25, 0.3) is 0 Å². The van der Waals surface area contributed by atoms with Gasteiger partial charge in [-0.15, -0.1) is 0 Å². The van der Waals surface area contributed by atoms with Crippen LogP contribution in [0.4, 0.5) is 0 Å². The highest BCUT2D eigenvalue weighted by atomic mass is 16.3. The lowest BCUT2D eigenvalue weighted by molar-refractivity contribution is 0.135. The fourth-order valence-electron chi connectivity index (χ4n) is 4.64. The average Bonchev–Trinajstić information content (AvgIpc) is 3.25. The molecule has 0 amide bonds. The van der Waals surface area contributed by atoms with Crippen molar-refractivity contribution in [2.45, 2.75) is 51.3 Å². The van der Waals surface area contributed by atoms with Gasteiger partial charge in [-0.2, -0.15) is 5.26 Å². The number of nitrogens with zero attached hydrogens (tertiary/aromatic N) is 3. The lowest BCUT2D eigenvalue weighted by atomic mass is 9.60. The summed E-state index contributed by atoms with van der Waals surface area (Å²) in [5.41, 5.74) is 2.30. The average molecular weight is 427 g/mol. The van der Waals surface area contributed by atoms with Gasteiger partial charge in [0, 0.05) is 31.4 Å².